The van der Waals surface area contributed by atoms with Crippen molar-refractivity contribution in [2.75, 3.05) is 0 Å². The lowest BCUT2D eigenvalue weighted by atomic mass is 10.1. The van der Waals surface area contributed by atoms with Crippen molar-refractivity contribution in [1.29, 1.82) is 0 Å². The molecule has 0 N–H and O–H groups in total. The number of Topliss-reactive ketones (excluding diaryl/α,β-unsaturated/α-hetero) is 1. The van der Waals surface area contributed by atoms with E-state index in [9.17, 15) is 4.79 Å². The highest BCUT2D eigenvalue weighted by molar-refractivity contribution is 5.75. The number of carbonyl (C=O) groups excluding carboxylic acids is 1. The first-order valence-corrected chi connectivity index (χ1v) is 9.55. The Morgan fingerprint density at radius 2 is 1.83 bits per heavy atom. The molecule has 0 saturated heterocycles. The fraction of sp³-hybridized carbons (Fsp3) is 0.591. The number of allylic oxidation sites excluding steroid dienone is 1. The largest absolute Gasteiger partial charge is 0.490 e. The zero-order valence-electron chi connectivity index (χ0n) is 15.7. The third-order valence-electron chi connectivity index (χ3n) is 4.17. The van der Waals surface area contributed by atoms with Crippen molar-refractivity contribution in [3.63, 3.8) is 0 Å². The van der Waals surface area contributed by atoms with Gasteiger partial charge in [0.1, 0.15) is 17.6 Å². The molecule has 0 bridgehead atoms. The van der Waals surface area contributed by atoms with Gasteiger partial charge in [0, 0.05) is 12.8 Å². The predicted octanol–water partition coefficient (Wildman–Crippen LogP) is 6.28. The van der Waals surface area contributed by atoms with Crippen molar-refractivity contribution in [2.24, 2.45) is 0 Å². The number of benzene rings is 1. The van der Waals surface area contributed by atoms with Gasteiger partial charge >= 0.3 is 0 Å². The van der Waals surface area contributed by atoms with Gasteiger partial charge in [-0.05, 0) is 50.3 Å². The molecule has 0 spiro atoms. The zero-order valence-corrected chi connectivity index (χ0v) is 15.7. The first kappa shape index (κ1) is 20.5. The molecule has 0 radical (unpaired) electrons. The van der Waals surface area contributed by atoms with E-state index in [1.165, 1.54) is 31.2 Å². The van der Waals surface area contributed by atoms with Gasteiger partial charge in [-0.2, -0.15) is 0 Å². The van der Waals surface area contributed by atoms with Crippen LogP contribution < -0.4 is 4.74 Å². The molecule has 1 rings (SSSR count). The fourth-order valence-corrected chi connectivity index (χ4v) is 2.69. The molecular formula is C22H34O2. The molecule has 134 valence electrons. The van der Waals surface area contributed by atoms with Crippen LogP contribution in [0.15, 0.2) is 36.4 Å². The van der Waals surface area contributed by atoms with Gasteiger partial charge in [-0.25, -0.2) is 0 Å². The van der Waals surface area contributed by atoms with Crippen molar-refractivity contribution in [2.45, 2.75) is 84.7 Å². The van der Waals surface area contributed by atoms with Gasteiger partial charge in [-0.1, -0.05) is 57.4 Å². The second kappa shape index (κ2) is 12.8. The summed E-state index contributed by atoms with van der Waals surface area (Å²) >= 11 is 0. The Kier molecular flexibility index (Phi) is 10.9. The van der Waals surface area contributed by atoms with E-state index in [0.717, 1.165) is 31.4 Å². The van der Waals surface area contributed by atoms with Crippen LogP contribution in [-0.2, 0) is 11.2 Å². The summed E-state index contributed by atoms with van der Waals surface area (Å²) in [7, 11) is 0. The van der Waals surface area contributed by atoms with Crippen LogP contribution in [0.5, 0.6) is 5.75 Å². The van der Waals surface area contributed by atoms with Gasteiger partial charge in [-0.3, -0.25) is 0 Å². The van der Waals surface area contributed by atoms with Crippen molar-refractivity contribution in [3.8, 4) is 5.75 Å². The SMILES string of the molecule is CC/C=C/C[C@H](CCCCCC)Oc1ccc(CCC(C)=O)cc1. The lowest BCUT2D eigenvalue weighted by molar-refractivity contribution is -0.116. The molecule has 2 heteroatoms. The molecule has 0 amide bonds. The first-order valence-electron chi connectivity index (χ1n) is 9.55. The topological polar surface area (TPSA) is 26.3 Å². The third kappa shape index (κ3) is 9.54. The molecule has 0 heterocycles. The normalized spacial score (nSPS) is 12.5. The summed E-state index contributed by atoms with van der Waals surface area (Å²) in [5, 5.41) is 0. The molecule has 0 saturated carbocycles. The second-order valence-corrected chi connectivity index (χ2v) is 6.55. The van der Waals surface area contributed by atoms with Gasteiger partial charge in [-0.15, -0.1) is 0 Å². The van der Waals surface area contributed by atoms with E-state index in [4.69, 9.17) is 4.74 Å². The van der Waals surface area contributed by atoms with Crippen LogP contribution >= 0.6 is 0 Å². The molecule has 0 aliphatic heterocycles. The summed E-state index contributed by atoms with van der Waals surface area (Å²) < 4.78 is 6.20. The average Bonchev–Trinajstić information content (AvgIpc) is 2.58. The highest BCUT2D eigenvalue weighted by Crippen LogP contribution is 2.19. The molecule has 0 aliphatic carbocycles. The number of hydrogen-bond donors (Lipinski definition) is 0. The Hall–Kier alpha value is -1.57. The van der Waals surface area contributed by atoms with Crippen LogP contribution in [0.1, 0.15) is 77.7 Å². The Morgan fingerprint density at radius 1 is 1.08 bits per heavy atom. The minimum atomic E-state index is 0.241. The summed E-state index contributed by atoms with van der Waals surface area (Å²) in [5.41, 5.74) is 1.20. The van der Waals surface area contributed by atoms with E-state index >= 15 is 0 Å². The molecule has 0 aliphatic rings. The Bertz CT molecular complexity index is 473. The Morgan fingerprint density at radius 3 is 2.46 bits per heavy atom. The maximum Gasteiger partial charge on any atom is 0.130 e. The summed E-state index contributed by atoms with van der Waals surface area (Å²) in [5.74, 6) is 1.18. The average molecular weight is 331 g/mol. The quantitative estimate of drug-likeness (QED) is 0.314. The second-order valence-electron chi connectivity index (χ2n) is 6.55. The fourth-order valence-electron chi connectivity index (χ4n) is 2.69. The van der Waals surface area contributed by atoms with Crippen molar-refractivity contribution >= 4 is 5.78 Å². The highest BCUT2D eigenvalue weighted by Gasteiger charge is 2.09. The number of ether oxygens (including phenoxy) is 1. The lowest BCUT2D eigenvalue weighted by Gasteiger charge is -2.18. The van der Waals surface area contributed by atoms with E-state index in [1.807, 2.05) is 12.1 Å². The number of ketones is 1. The number of hydrogen-bond acceptors (Lipinski definition) is 2. The van der Waals surface area contributed by atoms with Crippen LogP contribution in [0.3, 0.4) is 0 Å². The maximum atomic E-state index is 11.1. The van der Waals surface area contributed by atoms with Gasteiger partial charge < -0.3 is 9.53 Å². The number of aryl methyl sites for hydroxylation is 1. The van der Waals surface area contributed by atoms with Crippen molar-refractivity contribution in [1.82, 2.24) is 0 Å². The van der Waals surface area contributed by atoms with Gasteiger partial charge in [0.05, 0.1) is 0 Å². The smallest absolute Gasteiger partial charge is 0.130 e. The Labute approximate surface area is 148 Å². The van der Waals surface area contributed by atoms with Gasteiger partial charge in [0.25, 0.3) is 0 Å². The van der Waals surface area contributed by atoms with E-state index in [-0.39, 0.29) is 11.9 Å². The Balaban J connectivity index is 2.53. The lowest BCUT2D eigenvalue weighted by Crippen LogP contribution is -2.15. The molecule has 1 atom stereocenters. The summed E-state index contributed by atoms with van der Waals surface area (Å²) in [4.78, 5) is 11.1. The van der Waals surface area contributed by atoms with Gasteiger partial charge in [0.2, 0.25) is 0 Å². The number of rotatable bonds is 13. The zero-order chi connectivity index (χ0) is 17.6. The summed E-state index contributed by atoms with van der Waals surface area (Å²) in [6, 6.07) is 8.23. The molecule has 1 aromatic carbocycles. The highest BCUT2D eigenvalue weighted by atomic mass is 16.5. The van der Waals surface area contributed by atoms with E-state index in [1.54, 1.807) is 6.92 Å². The number of carbonyl (C=O) groups is 1. The van der Waals surface area contributed by atoms with Gasteiger partial charge in [0.15, 0.2) is 0 Å². The van der Waals surface area contributed by atoms with Crippen LogP contribution in [0.25, 0.3) is 0 Å². The molecule has 0 fully saturated rings. The maximum absolute atomic E-state index is 11.1. The predicted molar refractivity (Wildman–Crippen MR) is 103 cm³/mol. The van der Waals surface area contributed by atoms with E-state index < -0.39 is 0 Å². The number of unbranched alkanes of at least 4 members (excludes halogenated alkanes) is 3. The van der Waals surface area contributed by atoms with E-state index in [2.05, 4.69) is 38.1 Å². The molecule has 2 nitrogen and oxygen atoms in total. The van der Waals surface area contributed by atoms with Crippen LogP contribution in [0.2, 0.25) is 0 Å². The van der Waals surface area contributed by atoms with Crippen molar-refractivity contribution in [3.05, 3.63) is 42.0 Å². The van der Waals surface area contributed by atoms with Crippen LogP contribution in [0.4, 0.5) is 0 Å². The summed E-state index contributed by atoms with van der Waals surface area (Å²) in [6.45, 7) is 6.05. The van der Waals surface area contributed by atoms with Crippen LogP contribution in [0, 0.1) is 0 Å². The molecular weight excluding hydrogens is 296 g/mol. The first-order chi connectivity index (χ1) is 11.7. The molecule has 1 aromatic rings. The van der Waals surface area contributed by atoms with Crippen molar-refractivity contribution < 1.29 is 9.53 Å². The molecule has 0 unspecified atom stereocenters. The third-order valence-corrected chi connectivity index (χ3v) is 4.17. The molecule has 24 heavy (non-hydrogen) atoms. The van der Waals surface area contributed by atoms with Crippen LogP contribution in [-0.4, -0.2) is 11.9 Å². The van der Waals surface area contributed by atoms with E-state index in [0.29, 0.717) is 6.42 Å². The summed E-state index contributed by atoms with van der Waals surface area (Å²) in [6.07, 6.45) is 14.4. The standard InChI is InChI=1S/C22H34O2/c1-4-6-8-10-12-21(11-9-7-5-2)24-22-17-15-20(16-18-22)14-13-19(3)23/h7,9,15-18,21H,4-6,8,10-14H2,1-3H3/b9-7+/t21-/m1/s1. The monoisotopic (exact) mass is 330 g/mol. The minimum absolute atomic E-state index is 0.241. The minimum Gasteiger partial charge on any atom is -0.490 e. The molecule has 0 aromatic heterocycles.